The minimum Gasteiger partial charge on any atom is -0.490 e. The van der Waals surface area contributed by atoms with Gasteiger partial charge in [-0.05, 0) is 56.9 Å². The second-order valence-electron chi connectivity index (χ2n) is 9.90. The first-order valence-corrected chi connectivity index (χ1v) is 12.1. The fraction of sp³-hybridized carbons (Fsp3) is 0.680. The molecule has 0 aliphatic carbocycles. The number of carbonyl (C=O) groups is 2. The summed E-state index contributed by atoms with van der Waals surface area (Å²) in [6.45, 7) is 10.2. The van der Waals surface area contributed by atoms with E-state index in [9.17, 15) is 19.8 Å². The van der Waals surface area contributed by atoms with Crippen molar-refractivity contribution in [3.8, 4) is 5.75 Å². The molecule has 9 heteroatoms. The monoisotopic (exact) mass is 477 g/mol. The van der Waals surface area contributed by atoms with Gasteiger partial charge >= 0.3 is 6.09 Å². The molecule has 2 aliphatic rings. The lowest BCUT2D eigenvalue weighted by Gasteiger charge is -2.41. The second kappa shape index (κ2) is 10.9. The largest absolute Gasteiger partial charge is 0.490 e. The summed E-state index contributed by atoms with van der Waals surface area (Å²) in [5.41, 5.74) is -0.122. The number of ether oxygens (including phenoxy) is 2. The number of piperidine rings is 1. The molecular formula is C25H39N3O6. The summed E-state index contributed by atoms with van der Waals surface area (Å²) < 4.78 is 11.1. The topological polar surface area (TPSA) is 103 Å². The van der Waals surface area contributed by atoms with Gasteiger partial charge in [-0.2, -0.15) is 0 Å². The average Bonchev–Trinajstić information content (AvgIpc) is 2.91. The number of β-amino-alcohol motifs (C(OH)–C–C–N with tert-alkyl or cyclic N) is 2. The third-order valence-corrected chi connectivity index (χ3v) is 6.58. The molecule has 0 radical (unpaired) electrons. The van der Waals surface area contributed by atoms with Crippen molar-refractivity contribution < 1.29 is 29.3 Å². The Morgan fingerprint density at radius 3 is 2.18 bits per heavy atom. The Labute approximate surface area is 202 Å². The van der Waals surface area contributed by atoms with Crippen molar-refractivity contribution >= 4 is 12.0 Å². The summed E-state index contributed by atoms with van der Waals surface area (Å²) >= 11 is 0. The lowest BCUT2D eigenvalue weighted by molar-refractivity contribution is -0.132. The zero-order valence-corrected chi connectivity index (χ0v) is 20.9. The van der Waals surface area contributed by atoms with E-state index in [2.05, 4.69) is 6.07 Å². The van der Waals surface area contributed by atoms with Gasteiger partial charge in [0, 0.05) is 46.2 Å². The molecule has 2 fully saturated rings. The third kappa shape index (κ3) is 7.07. The highest BCUT2D eigenvalue weighted by Gasteiger charge is 2.41. The minimum atomic E-state index is -1.29. The molecule has 2 amide bonds. The third-order valence-electron chi connectivity index (χ3n) is 6.58. The van der Waals surface area contributed by atoms with Crippen LogP contribution in [0.4, 0.5) is 4.79 Å². The van der Waals surface area contributed by atoms with Crippen LogP contribution in [0.2, 0.25) is 0 Å². The van der Waals surface area contributed by atoms with Crippen LogP contribution in [0.5, 0.6) is 5.75 Å². The minimum absolute atomic E-state index is 0.0330. The first-order chi connectivity index (χ1) is 16.0. The molecule has 34 heavy (non-hydrogen) atoms. The number of nitrogens with zero attached hydrogens (tertiary/aromatic N) is 3. The normalized spacial score (nSPS) is 23.4. The number of aryl methyl sites for hydroxylation is 2. The van der Waals surface area contributed by atoms with Crippen LogP contribution in [0, 0.1) is 13.8 Å². The Balaban J connectivity index is 1.67. The van der Waals surface area contributed by atoms with Gasteiger partial charge in [0.25, 0.3) is 0 Å². The summed E-state index contributed by atoms with van der Waals surface area (Å²) in [7, 11) is 0. The molecule has 2 saturated heterocycles. The maximum atomic E-state index is 12.2. The number of amides is 2. The van der Waals surface area contributed by atoms with Crippen molar-refractivity contribution in [2.45, 2.75) is 51.7 Å². The van der Waals surface area contributed by atoms with Crippen molar-refractivity contribution in [3.63, 3.8) is 0 Å². The molecule has 0 bridgehead atoms. The number of likely N-dealkylation sites (tertiary alicyclic amines) is 1. The summed E-state index contributed by atoms with van der Waals surface area (Å²) in [5.74, 6) is 0.578. The van der Waals surface area contributed by atoms with Gasteiger partial charge < -0.3 is 29.5 Å². The predicted octanol–water partition coefficient (Wildman–Crippen LogP) is 1.56. The smallest absolute Gasteiger partial charge is 0.409 e. The number of hydrogen-bond donors (Lipinski definition) is 2. The lowest BCUT2D eigenvalue weighted by atomic mass is 9.90. The van der Waals surface area contributed by atoms with E-state index in [-0.39, 0.29) is 31.7 Å². The zero-order chi connectivity index (χ0) is 24.9. The van der Waals surface area contributed by atoms with E-state index in [0.717, 1.165) is 11.1 Å². The van der Waals surface area contributed by atoms with Crippen molar-refractivity contribution in [3.05, 3.63) is 29.3 Å². The number of rotatable bonds is 6. The highest BCUT2D eigenvalue weighted by atomic mass is 16.6. The first kappa shape index (κ1) is 26.2. The van der Waals surface area contributed by atoms with Crippen LogP contribution in [0.15, 0.2) is 18.2 Å². The second-order valence-corrected chi connectivity index (χ2v) is 9.90. The fourth-order valence-corrected chi connectivity index (χ4v) is 4.87. The van der Waals surface area contributed by atoms with E-state index >= 15 is 0 Å². The number of hydrogen-bond acceptors (Lipinski definition) is 7. The Kier molecular flexibility index (Phi) is 8.43. The highest BCUT2D eigenvalue weighted by Crippen LogP contribution is 2.26. The molecule has 1 aromatic carbocycles. The molecule has 0 saturated carbocycles. The molecule has 2 aliphatic heterocycles. The van der Waals surface area contributed by atoms with Gasteiger partial charge in [-0.15, -0.1) is 0 Å². The van der Waals surface area contributed by atoms with E-state index in [1.165, 1.54) is 6.92 Å². The summed E-state index contributed by atoms with van der Waals surface area (Å²) in [4.78, 5) is 29.4. The van der Waals surface area contributed by atoms with Crippen molar-refractivity contribution in [1.29, 1.82) is 0 Å². The zero-order valence-electron chi connectivity index (χ0n) is 20.9. The Morgan fingerprint density at radius 1 is 0.941 bits per heavy atom. The maximum absolute atomic E-state index is 12.2. The highest BCUT2D eigenvalue weighted by molar-refractivity contribution is 5.73. The lowest BCUT2D eigenvalue weighted by Crippen LogP contribution is -2.56. The van der Waals surface area contributed by atoms with Gasteiger partial charge in [0.05, 0.1) is 18.8 Å². The maximum Gasteiger partial charge on any atom is 0.409 e. The Morgan fingerprint density at radius 2 is 1.59 bits per heavy atom. The van der Waals surface area contributed by atoms with Gasteiger partial charge in [-0.25, -0.2) is 4.79 Å². The average molecular weight is 478 g/mol. The summed E-state index contributed by atoms with van der Waals surface area (Å²) in [5, 5.41) is 22.8. The molecule has 1 aromatic rings. The summed E-state index contributed by atoms with van der Waals surface area (Å²) in [6.07, 6.45) is 0.501. The van der Waals surface area contributed by atoms with Crippen LogP contribution in [0.25, 0.3) is 0 Å². The fourth-order valence-electron chi connectivity index (χ4n) is 4.87. The van der Waals surface area contributed by atoms with Gasteiger partial charge in [-0.3, -0.25) is 9.69 Å². The first-order valence-electron chi connectivity index (χ1n) is 12.1. The Bertz CT molecular complexity index is 850. The van der Waals surface area contributed by atoms with Gasteiger partial charge in [0.1, 0.15) is 18.0 Å². The van der Waals surface area contributed by atoms with E-state index < -0.39 is 11.2 Å². The number of carbonyl (C=O) groups excluding carboxylic acids is 2. The van der Waals surface area contributed by atoms with Crippen LogP contribution >= 0.6 is 0 Å². The van der Waals surface area contributed by atoms with E-state index in [1.54, 1.807) is 16.7 Å². The molecular weight excluding hydrogens is 438 g/mol. The van der Waals surface area contributed by atoms with Gasteiger partial charge in [-0.1, -0.05) is 6.07 Å². The Hall–Kier alpha value is -2.36. The van der Waals surface area contributed by atoms with Crippen molar-refractivity contribution in [2.75, 3.05) is 59.0 Å². The quantitative estimate of drug-likeness (QED) is 0.641. The van der Waals surface area contributed by atoms with Gasteiger partial charge in [0.15, 0.2) is 0 Å². The molecule has 1 atom stereocenters. The van der Waals surface area contributed by atoms with Crippen LogP contribution < -0.4 is 4.74 Å². The predicted molar refractivity (Wildman–Crippen MR) is 128 cm³/mol. The SMILES string of the molecule is CCOC(=O)N1CCC(O)(CN2CCN(C(C)=O)C[C@](O)(COc3cc(C)cc(C)c3)C2)CC1. The van der Waals surface area contributed by atoms with Gasteiger partial charge in [0.2, 0.25) is 5.91 Å². The summed E-state index contributed by atoms with van der Waals surface area (Å²) in [6, 6.07) is 5.90. The van der Waals surface area contributed by atoms with E-state index in [0.29, 0.717) is 57.9 Å². The molecule has 2 N–H and O–H groups in total. The van der Waals surface area contributed by atoms with Crippen LogP contribution in [-0.2, 0) is 9.53 Å². The molecule has 0 aromatic heterocycles. The number of benzene rings is 1. The molecule has 9 nitrogen and oxygen atoms in total. The molecule has 190 valence electrons. The van der Waals surface area contributed by atoms with E-state index in [4.69, 9.17) is 9.47 Å². The number of aliphatic hydroxyl groups is 2. The van der Waals surface area contributed by atoms with Crippen LogP contribution in [-0.4, -0.2) is 107 Å². The van der Waals surface area contributed by atoms with Crippen LogP contribution in [0.1, 0.15) is 37.8 Å². The van der Waals surface area contributed by atoms with Crippen LogP contribution in [0.3, 0.4) is 0 Å². The van der Waals surface area contributed by atoms with Crippen molar-refractivity contribution in [1.82, 2.24) is 14.7 Å². The van der Waals surface area contributed by atoms with Crippen molar-refractivity contribution in [2.24, 2.45) is 0 Å². The van der Waals surface area contributed by atoms with E-state index in [1.807, 2.05) is 30.9 Å². The standard InChI is InChI=1S/C25H39N3O6/c1-5-33-23(30)27-8-6-24(31,7-9-27)15-26-10-11-28(21(4)29)17-25(32,16-26)18-34-22-13-19(2)12-20(3)14-22/h12-14,31-32H,5-11,15-18H2,1-4H3/t25-/m0/s1. The molecule has 3 rings (SSSR count). The molecule has 0 spiro atoms. The molecule has 0 unspecified atom stereocenters. The molecule has 2 heterocycles.